The van der Waals surface area contributed by atoms with Crippen molar-refractivity contribution in [3.05, 3.63) is 18.2 Å². The van der Waals surface area contributed by atoms with Gasteiger partial charge in [0.1, 0.15) is 5.75 Å². The number of nitrogens with one attached hydrogen (secondary N) is 1. The summed E-state index contributed by atoms with van der Waals surface area (Å²) >= 11 is 0. The molecule has 86 valence electrons. The van der Waals surface area contributed by atoms with E-state index >= 15 is 0 Å². The molecule has 3 rings (SSSR count). The van der Waals surface area contributed by atoms with E-state index in [4.69, 9.17) is 4.74 Å². The number of anilines is 2. The molecule has 0 unspecified atom stereocenters. The van der Waals surface area contributed by atoms with Gasteiger partial charge in [-0.05, 0) is 31.4 Å². The van der Waals surface area contributed by atoms with Crippen LogP contribution in [0.2, 0.25) is 0 Å². The molecule has 0 aromatic heterocycles. The van der Waals surface area contributed by atoms with Gasteiger partial charge in [0.15, 0.2) is 0 Å². The highest BCUT2D eigenvalue weighted by Crippen LogP contribution is 2.45. The zero-order valence-corrected chi connectivity index (χ0v) is 9.92. The molecule has 1 spiro atoms. The molecule has 1 aliphatic heterocycles. The van der Waals surface area contributed by atoms with E-state index in [1.54, 1.807) is 7.11 Å². The summed E-state index contributed by atoms with van der Waals surface area (Å²) in [5, 5.41) is 3.54. The maximum atomic E-state index is 5.25. The summed E-state index contributed by atoms with van der Waals surface area (Å²) in [5.41, 5.74) is 2.87. The molecule has 1 heterocycles. The Morgan fingerprint density at radius 1 is 1.38 bits per heavy atom. The van der Waals surface area contributed by atoms with Crippen molar-refractivity contribution in [3.8, 4) is 5.75 Å². The minimum Gasteiger partial charge on any atom is -0.497 e. The average Bonchev–Trinajstić information content (AvgIpc) is 2.27. The molecular weight excluding hydrogens is 200 g/mol. The number of ether oxygens (including phenoxy) is 1. The van der Waals surface area contributed by atoms with E-state index in [1.165, 1.54) is 30.6 Å². The summed E-state index contributed by atoms with van der Waals surface area (Å²) in [6, 6.07) is 6.27. The second kappa shape index (κ2) is 3.30. The quantitative estimate of drug-likeness (QED) is 0.783. The lowest BCUT2D eigenvalue weighted by atomic mass is 9.74. The normalized spacial score (nSPS) is 21.0. The molecule has 1 saturated carbocycles. The molecule has 3 nitrogen and oxygen atoms in total. The number of hydrogen-bond donors (Lipinski definition) is 1. The van der Waals surface area contributed by atoms with E-state index in [2.05, 4.69) is 29.4 Å². The fourth-order valence-corrected chi connectivity index (χ4v) is 2.81. The Morgan fingerprint density at radius 2 is 2.19 bits per heavy atom. The van der Waals surface area contributed by atoms with Gasteiger partial charge in [0, 0.05) is 19.7 Å². The summed E-state index contributed by atoms with van der Waals surface area (Å²) in [4.78, 5) is 2.45. The van der Waals surface area contributed by atoms with Gasteiger partial charge in [-0.3, -0.25) is 0 Å². The Hall–Kier alpha value is -1.38. The fraction of sp³-hybridized carbons (Fsp3) is 0.538. The van der Waals surface area contributed by atoms with Crippen molar-refractivity contribution in [1.29, 1.82) is 0 Å². The maximum Gasteiger partial charge on any atom is 0.121 e. The Labute approximate surface area is 96.4 Å². The smallest absolute Gasteiger partial charge is 0.121 e. The van der Waals surface area contributed by atoms with Gasteiger partial charge in [0.05, 0.1) is 24.0 Å². The summed E-state index contributed by atoms with van der Waals surface area (Å²) in [6.45, 7) is 1.06. The second-order valence-electron chi connectivity index (χ2n) is 4.87. The molecule has 2 aliphatic rings. The molecule has 3 heteroatoms. The molecule has 1 fully saturated rings. The van der Waals surface area contributed by atoms with Gasteiger partial charge in [-0.15, -0.1) is 0 Å². The van der Waals surface area contributed by atoms with Crippen LogP contribution in [0.4, 0.5) is 11.4 Å². The van der Waals surface area contributed by atoms with Crippen molar-refractivity contribution in [1.82, 2.24) is 0 Å². The molecule has 0 amide bonds. The van der Waals surface area contributed by atoms with Gasteiger partial charge >= 0.3 is 0 Å². The predicted octanol–water partition coefficient (Wildman–Crippen LogP) is 2.48. The van der Waals surface area contributed by atoms with Crippen molar-refractivity contribution >= 4 is 11.4 Å². The van der Waals surface area contributed by atoms with E-state index < -0.39 is 0 Å². The lowest BCUT2D eigenvalue weighted by molar-refractivity contribution is 0.248. The fourth-order valence-electron chi connectivity index (χ4n) is 2.81. The van der Waals surface area contributed by atoms with Crippen molar-refractivity contribution in [2.24, 2.45) is 0 Å². The van der Waals surface area contributed by atoms with E-state index in [-0.39, 0.29) is 0 Å². The third kappa shape index (κ3) is 1.20. The van der Waals surface area contributed by atoms with Crippen LogP contribution in [-0.4, -0.2) is 26.2 Å². The van der Waals surface area contributed by atoms with Gasteiger partial charge in [0.2, 0.25) is 0 Å². The Bertz CT molecular complexity index is 412. The molecule has 0 saturated heterocycles. The summed E-state index contributed by atoms with van der Waals surface area (Å²) in [5.74, 6) is 0.921. The predicted molar refractivity (Wildman–Crippen MR) is 66.5 cm³/mol. The monoisotopic (exact) mass is 218 g/mol. The number of hydrogen-bond acceptors (Lipinski definition) is 3. The number of likely N-dealkylation sites (N-methyl/N-ethyl adjacent to an activating group) is 1. The molecule has 0 bridgehead atoms. The second-order valence-corrected chi connectivity index (χ2v) is 4.87. The molecule has 1 aliphatic carbocycles. The van der Waals surface area contributed by atoms with Crippen LogP contribution >= 0.6 is 0 Å². The first-order valence-electron chi connectivity index (χ1n) is 5.91. The van der Waals surface area contributed by atoms with Crippen LogP contribution in [0.25, 0.3) is 0 Å². The van der Waals surface area contributed by atoms with Crippen molar-refractivity contribution in [2.45, 2.75) is 24.8 Å². The number of fused-ring (bicyclic) bond motifs is 1. The zero-order valence-electron chi connectivity index (χ0n) is 9.92. The van der Waals surface area contributed by atoms with Gasteiger partial charge in [-0.1, -0.05) is 0 Å². The van der Waals surface area contributed by atoms with Gasteiger partial charge in [0.25, 0.3) is 0 Å². The first-order chi connectivity index (χ1) is 7.75. The Morgan fingerprint density at radius 3 is 2.81 bits per heavy atom. The summed E-state index contributed by atoms with van der Waals surface area (Å²) < 4.78 is 5.25. The van der Waals surface area contributed by atoms with Gasteiger partial charge < -0.3 is 15.0 Å². The van der Waals surface area contributed by atoms with Crippen LogP contribution in [0, 0.1) is 0 Å². The molecule has 0 atom stereocenters. The number of nitrogens with zero attached hydrogens (tertiary/aromatic N) is 1. The standard InChI is InChI=1S/C13H18N2O/c1-15-12-5-4-10(16-2)8-11(12)14-9-13(15)6-3-7-13/h4-5,8,14H,3,6-7,9H2,1-2H3. The van der Waals surface area contributed by atoms with Crippen LogP contribution in [-0.2, 0) is 0 Å². The number of methoxy groups -OCH3 is 1. The molecule has 1 aromatic carbocycles. The van der Waals surface area contributed by atoms with E-state index in [9.17, 15) is 0 Å². The van der Waals surface area contributed by atoms with Crippen molar-refractivity contribution in [3.63, 3.8) is 0 Å². The molecule has 0 radical (unpaired) electrons. The first-order valence-corrected chi connectivity index (χ1v) is 5.91. The number of rotatable bonds is 1. The first kappa shape index (κ1) is 9.82. The van der Waals surface area contributed by atoms with Gasteiger partial charge in [-0.25, -0.2) is 0 Å². The summed E-state index contributed by atoms with van der Waals surface area (Å²) in [7, 11) is 3.92. The highest BCUT2D eigenvalue weighted by molar-refractivity contribution is 5.75. The largest absolute Gasteiger partial charge is 0.497 e. The lowest BCUT2D eigenvalue weighted by Gasteiger charge is -2.53. The van der Waals surface area contributed by atoms with Crippen LogP contribution in [0.1, 0.15) is 19.3 Å². The molecule has 1 N–H and O–H groups in total. The molecular formula is C13H18N2O. The highest BCUT2D eigenvalue weighted by Gasteiger charge is 2.43. The number of benzene rings is 1. The third-order valence-corrected chi connectivity index (χ3v) is 4.17. The van der Waals surface area contributed by atoms with Crippen LogP contribution in [0.5, 0.6) is 5.75 Å². The minimum atomic E-state index is 0.377. The minimum absolute atomic E-state index is 0.377. The third-order valence-electron chi connectivity index (χ3n) is 4.17. The summed E-state index contributed by atoms with van der Waals surface area (Å²) in [6.07, 6.45) is 3.97. The van der Waals surface area contributed by atoms with Crippen LogP contribution < -0.4 is 15.0 Å². The maximum absolute atomic E-state index is 5.25. The van der Waals surface area contributed by atoms with Crippen LogP contribution in [0.3, 0.4) is 0 Å². The Kier molecular flexibility index (Phi) is 2.03. The van der Waals surface area contributed by atoms with Crippen LogP contribution in [0.15, 0.2) is 18.2 Å². The van der Waals surface area contributed by atoms with Crippen molar-refractivity contribution < 1.29 is 4.74 Å². The van der Waals surface area contributed by atoms with E-state index in [1.807, 2.05) is 6.07 Å². The SMILES string of the molecule is COc1ccc2c(c1)NCC1(CCC1)N2C. The highest BCUT2D eigenvalue weighted by atomic mass is 16.5. The average molecular weight is 218 g/mol. The molecule has 1 aromatic rings. The topological polar surface area (TPSA) is 24.5 Å². The lowest BCUT2D eigenvalue weighted by Crippen LogP contribution is -2.59. The van der Waals surface area contributed by atoms with E-state index in [0.29, 0.717) is 5.54 Å². The Balaban J connectivity index is 1.98. The van der Waals surface area contributed by atoms with Crippen molar-refractivity contribution in [2.75, 3.05) is 30.9 Å². The zero-order chi connectivity index (χ0) is 11.2. The van der Waals surface area contributed by atoms with E-state index in [0.717, 1.165) is 12.3 Å². The van der Waals surface area contributed by atoms with Gasteiger partial charge in [-0.2, -0.15) is 0 Å². The molecule has 16 heavy (non-hydrogen) atoms.